The smallest absolute Gasteiger partial charge is 0.229 e. The van der Waals surface area contributed by atoms with E-state index in [0.717, 1.165) is 0 Å². The van der Waals surface area contributed by atoms with Crippen molar-refractivity contribution in [3.63, 3.8) is 0 Å². The largest absolute Gasteiger partial charge is 0.508 e. The molecule has 1 fully saturated rings. The van der Waals surface area contributed by atoms with Gasteiger partial charge >= 0.3 is 0 Å². The van der Waals surface area contributed by atoms with E-state index in [-0.39, 0.29) is 11.5 Å². The van der Waals surface area contributed by atoms with Crippen LogP contribution in [0.1, 0.15) is 0 Å². The Hall–Kier alpha value is -1.58. The highest BCUT2D eigenvalue weighted by atomic mass is 16.7. The Labute approximate surface area is 120 Å². The van der Waals surface area contributed by atoms with Gasteiger partial charge < -0.3 is 39.7 Å². The fourth-order valence-corrected chi connectivity index (χ4v) is 2.04. The third-order valence-corrected chi connectivity index (χ3v) is 3.20. The van der Waals surface area contributed by atoms with E-state index in [1.165, 1.54) is 25.3 Å². The number of hydrogen-bond donors (Lipinski definition) is 5. The minimum atomic E-state index is -1.53. The molecule has 118 valence electrons. The molecular formula is C13H18O8. The van der Waals surface area contributed by atoms with Crippen LogP contribution in [0.2, 0.25) is 0 Å². The molecule has 0 bridgehead atoms. The molecule has 1 heterocycles. The Morgan fingerprint density at radius 2 is 1.71 bits per heavy atom. The van der Waals surface area contributed by atoms with Crippen LogP contribution < -0.4 is 9.47 Å². The normalized spacial score (nSPS) is 32.7. The molecule has 0 saturated carbocycles. The molecule has 2 rings (SSSR count). The zero-order valence-corrected chi connectivity index (χ0v) is 11.3. The summed E-state index contributed by atoms with van der Waals surface area (Å²) >= 11 is 0. The van der Waals surface area contributed by atoms with Crippen LogP contribution in [0.4, 0.5) is 0 Å². The lowest BCUT2D eigenvalue weighted by Crippen LogP contribution is -2.60. The van der Waals surface area contributed by atoms with E-state index in [0.29, 0.717) is 5.75 Å². The second-order valence-electron chi connectivity index (χ2n) is 4.68. The van der Waals surface area contributed by atoms with Crippen LogP contribution in [0.3, 0.4) is 0 Å². The lowest BCUT2D eigenvalue weighted by Gasteiger charge is -2.39. The molecule has 5 atom stereocenters. The molecule has 0 aromatic heterocycles. The standard InChI is InChI=1S/C13H18O8/c1-19-7-2-6(15)3-8(4-7)20-13-12(18)11(17)10(16)9(5-14)21-13/h2-4,9-18H,5H2,1H3/t9-,10+,11+,12+,13-/m0/s1. The third kappa shape index (κ3) is 3.36. The Bertz CT molecular complexity index is 477. The molecular weight excluding hydrogens is 284 g/mol. The highest BCUT2D eigenvalue weighted by molar-refractivity contribution is 5.41. The highest BCUT2D eigenvalue weighted by Crippen LogP contribution is 2.30. The van der Waals surface area contributed by atoms with E-state index < -0.39 is 37.3 Å². The van der Waals surface area contributed by atoms with Crippen molar-refractivity contribution < 1.29 is 39.7 Å². The van der Waals surface area contributed by atoms with Crippen molar-refractivity contribution in [2.75, 3.05) is 13.7 Å². The molecule has 5 N–H and O–H groups in total. The molecule has 8 nitrogen and oxygen atoms in total. The number of methoxy groups -OCH3 is 1. The van der Waals surface area contributed by atoms with Crippen LogP contribution in [0.25, 0.3) is 0 Å². The molecule has 1 aromatic carbocycles. The zero-order valence-electron chi connectivity index (χ0n) is 11.3. The second kappa shape index (κ2) is 6.46. The zero-order chi connectivity index (χ0) is 15.6. The van der Waals surface area contributed by atoms with Crippen molar-refractivity contribution in [2.24, 2.45) is 0 Å². The van der Waals surface area contributed by atoms with Gasteiger partial charge in [-0.2, -0.15) is 0 Å². The molecule has 1 aliphatic heterocycles. The van der Waals surface area contributed by atoms with Crippen LogP contribution in [-0.4, -0.2) is 70.0 Å². The second-order valence-corrected chi connectivity index (χ2v) is 4.68. The molecule has 0 amide bonds. The summed E-state index contributed by atoms with van der Waals surface area (Å²) in [6, 6.07) is 4.07. The van der Waals surface area contributed by atoms with Crippen molar-refractivity contribution >= 4 is 0 Å². The van der Waals surface area contributed by atoms with Crippen LogP contribution in [0.5, 0.6) is 17.2 Å². The van der Waals surface area contributed by atoms with Crippen molar-refractivity contribution in [3.05, 3.63) is 18.2 Å². The lowest BCUT2D eigenvalue weighted by atomic mass is 9.99. The summed E-state index contributed by atoms with van der Waals surface area (Å²) in [7, 11) is 1.41. The fraction of sp³-hybridized carbons (Fsp3) is 0.538. The third-order valence-electron chi connectivity index (χ3n) is 3.20. The van der Waals surface area contributed by atoms with E-state index in [2.05, 4.69) is 0 Å². The number of rotatable bonds is 4. The van der Waals surface area contributed by atoms with E-state index in [1.54, 1.807) is 0 Å². The highest BCUT2D eigenvalue weighted by Gasteiger charge is 2.44. The summed E-state index contributed by atoms with van der Waals surface area (Å²) in [5.74, 6) is 0.347. The van der Waals surface area contributed by atoms with Gasteiger partial charge in [-0.15, -0.1) is 0 Å². The predicted molar refractivity (Wildman–Crippen MR) is 69.1 cm³/mol. The molecule has 0 unspecified atom stereocenters. The number of phenolic OH excluding ortho intramolecular Hbond substituents is 1. The van der Waals surface area contributed by atoms with Crippen molar-refractivity contribution in [2.45, 2.75) is 30.7 Å². The van der Waals surface area contributed by atoms with E-state index >= 15 is 0 Å². The molecule has 1 aliphatic rings. The number of ether oxygens (including phenoxy) is 3. The first-order valence-corrected chi connectivity index (χ1v) is 6.31. The van der Waals surface area contributed by atoms with E-state index in [1.807, 2.05) is 0 Å². The molecule has 1 saturated heterocycles. The first-order chi connectivity index (χ1) is 9.96. The SMILES string of the molecule is COc1cc(O)cc(O[C@H]2O[C@@H](CO)[C@@H](O)[C@@H](O)[C@H]2O)c1. The summed E-state index contributed by atoms with van der Waals surface area (Å²) in [6.45, 7) is -0.547. The lowest BCUT2D eigenvalue weighted by molar-refractivity contribution is -0.277. The topological polar surface area (TPSA) is 129 Å². The molecule has 0 radical (unpaired) electrons. The number of aliphatic hydroxyl groups excluding tert-OH is 4. The van der Waals surface area contributed by atoms with Gasteiger partial charge in [0.05, 0.1) is 13.7 Å². The number of phenols is 1. The summed E-state index contributed by atoms with van der Waals surface area (Å²) in [5.41, 5.74) is 0. The minimum absolute atomic E-state index is 0.117. The van der Waals surface area contributed by atoms with Crippen molar-refractivity contribution in [3.8, 4) is 17.2 Å². The van der Waals surface area contributed by atoms with Crippen LogP contribution >= 0.6 is 0 Å². The van der Waals surface area contributed by atoms with Crippen LogP contribution in [-0.2, 0) is 4.74 Å². The number of benzene rings is 1. The molecule has 0 spiro atoms. The maximum atomic E-state index is 9.84. The van der Waals surface area contributed by atoms with Gasteiger partial charge in [0.15, 0.2) is 0 Å². The Morgan fingerprint density at radius 3 is 2.33 bits per heavy atom. The quantitative estimate of drug-likeness (QED) is 0.458. The van der Waals surface area contributed by atoms with Crippen molar-refractivity contribution in [1.29, 1.82) is 0 Å². The summed E-state index contributed by atoms with van der Waals surface area (Å²) in [6.07, 6.45) is -6.88. The molecule has 0 aliphatic carbocycles. The first kappa shape index (κ1) is 15.8. The Kier molecular flexibility index (Phi) is 4.86. The maximum absolute atomic E-state index is 9.84. The Morgan fingerprint density at radius 1 is 1.05 bits per heavy atom. The average molecular weight is 302 g/mol. The summed E-state index contributed by atoms with van der Waals surface area (Å²) < 4.78 is 15.5. The summed E-state index contributed by atoms with van der Waals surface area (Å²) in [4.78, 5) is 0. The number of aliphatic hydroxyl groups is 4. The summed E-state index contributed by atoms with van der Waals surface area (Å²) in [5, 5.41) is 47.8. The van der Waals surface area contributed by atoms with E-state index in [9.17, 15) is 20.4 Å². The van der Waals surface area contributed by atoms with Crippen LogP contribution in [0, 0.1) is 0 Å². The van der Waals surface area contributed by atoms with Gasteiger partial charge in [0, 0.05) is 18.2 Å². The van der Waals surface area contributed by atoms with Crippen LogP contribution in [0.15, 0.2) is 18.2 Å². The van der Waals surface area contributed by atoms with E-state index in [4.69, 9.17) is 19.3 Å². The Balaban J connectivity index is 2.16. The van der Waals surface area contributed by atoms with Gasteiger partial charge in [0.25, 0.3) is 0 Å². The molecule has 21 heavy (non-hydrogen) atoms. The number of aromatic hydroxyl groups is 1. The molecule has 1 aromatic rings. The fourth-order valence-electron chi connectivity index (χ4n) is 2.04. The van der Waals surface area contributed by atoms with Gasteiger partial charge in [-0.1, -0.05) is 0 Å². The first-order valence-electron chi connectivity index (χ1n) is 6.31. The molecule has 8 heteroatoms. The van der Waals surface area contributed by atoms with Gasteiger partial charge in [-0.05, 0) is 0 Å². The average Bonchev–Trinajstić information content (AvgIpc) is 2.47. The van der Waals surface area contributed by atoms with Gasteiger partial charge in [-0.3, -0.25) is 0 Å². The number of hydrogen-bond acceptors (Lipinski definition) is 8. The van der Waals surface area contributed by atoms with Gasteiger partial charge in [-0.25, -0.2) is 0 Å². The van der Waals surface area contributed by atoms with Gasteiger partial charge in [0.1, 0.15) is 41.7 Å². The predicted octanol–water partition coefficient (Wildman–Crippen LogP) is -1.42. The monoisotopic (exact) mass is 302 g/mol. The van der Waals surface area contributed by atoms with Gasteiger partial charge in [0.2, 0.25) is 6.29 Å². The minimum Gasteiger partial charge on any atom is -0.508 e. The maximum Gasteiger partial charge on any atom is 0.229 e. The van der Waals surface area contributed by atoms with Crippen molar-refractivity contribution in [1.82, 2.24) is 0 Å².